The predicted molar refractivity (Wildman–Crippen MR) is 147 cm³/mol. The number of rotatable bonds is 12. The highest BCUT2D eigenvalue weighted by Crippen LogP contribution is 2.34. The highest BCUT2D eigenvalue weighted by atomic mass is 16.5. The fourth-order valence-corrected chi connectivity index (χ4v) is 4.00. The molecule has 4 aromatic rings. The van der Waals surface area contributed by atoms with Crippen LogP contribution >= 0.6 is 0 Å². The number of carbonyl (C=O) groups is 1. The number of pyridine rings is 1. The molecule has 38 heavy (non-hydrogen) atoms. The largest absolute Gasteiger partial charge is 0.497 e. The topological polar surface area (TPSA) is 136 Å². The monoisotopic (exact) mass is 516 g/mol. The summed E-state index contributed by atoms with van der Waals surface area (Å²) in [5.41, 5.74) is 10.3. The third-order valence-electron chi connectivity index (χ3n) is 5.98. The number of anilines is 2. The maximum Gasteiger partial charge on any atom is 0.269 e. The molecule has 0 aliphatic carbocycles. The molecule has 0 saturated heterocycles. The summed E-state index contributed by atoms with van der Waals surface area (Å²) in [5.74, 6) is 1.07. The van der Waals surface area contributed by atoms with Gasteiger partial charge in [0.05, 0.1) is 37.1 Å². The van der Waals surface area contributed by atoms with E-state index < -0.39 is 0 Å². The highest BCUT2D eigenvalue weighted by molar-refractivity contribution is 5.93. The van der Waals surface area contributed by atoms with Gasteiger partial charge in [0.2, 0.25) is 0 Å². The zero-order valence-electron chi connectivity index (χ0n) is 21.6. The average molecular weight is 517 g/mol. The van der Waals surface area contributed by atoms with E-state index in [-0.39, 0.29) is 12.5 Å². The SMILES string of the molecule is COc1cc(OC)cc(N(CCCO)c2ccc3ncc(-c4ccnc(C(=O)NCCCN)c4)nc3c2)c1. The van der Waals surface area contributed by atoms with E-state index in [1.807, 2.05) is 36.4 Å². The molecule has 4 rings (SSSR count). The number of hydrogen-bond donors (Lipinski definition) is 3. The van der Waals surface area contributed by atoms with Crippen LogP contribution in [0.15, 0.2) is 60.9 Å². The van der Waals surface area contributed by atoms with Gasteiger partial charge < -0.3 is 30.5 Å². The molecule has 0 radical (unpaired) electrons. The highest BCUT2D eigenvalue weighted by Gasteiger charge is 2.15. The number of methoxy groups -OCH3 is 2. The van der Waals surface area contributed by atoms with Crippen LogP contribution in [0.25, 0.3) is 22.3 Å². The van der Waals surface area contributed by atoms with Gasteiger partial charge in [0.25, 0.3) is 5.91 Å². The van der Waals surface area contributed by atoms with Crippen molar-refractivity contribution in [1.82, 2.24) is 20.3 Å². The minimum atomic E-state index is -0.260. The van der Waals surface area contributed by atoms with Gasteiger partial charge in [0, 0.05) is 61.0 Å². The molecular formula is C28H32N6O4. The van der Waals surface area contributed by atoms with Crippen molar-refractivity contribution >= 4 is 28.3 Å². The number of nitrogens with two attached hydrogens (primary N) is 1. The van der Waals surface area contributed by atoms with Gasteiger partial charge in [-0.15, -0.1) is 0 Å². The Balaban J connectivity index is 1.69. The van der Waals surface area contributed by atoms with E-state index >= 15 is 0 Å². The van der Waals surface area contributed by atoms with Crippen LogP contribution in [0.3, 0.4) is 0 Å². The standard InChI is InChI=1S/C28H32N6O4/c1-37-22-14-21(15-23(17-22)38-2)34(11-4-12-35)20-5-6-24-25(16-20)33-27(18-32-24)19-7-10-30-26(13-19)28(36)31-9-3-8-29/h5-7,10,13-18,35H,3-4,8-9,11-12,29H2,1-2H3,(H,31,36). The number of fused-ring (bicyclic) bond motifs is 1. The normalized spacial score (nSPS) is 10.8. The van der Waals surface area contributed by atoms with Crippen molar-refractivity contribution in [2.45, 2.75) is 12.8 Å². The molecule has 2 aromatic heterocycles. The molecule has 198 valence electrons. The predicted octanol–water partition coefficient (Wildman–Crippen LogP) is 3.31. The molecular weight excluding hydrogens is 484 g/mol. The first-order valence-corrected chi connectivity index (χ1v) is 12.4. The van der Waals surface area contributed by atoms with Crippen molar-refractivity contribution in [2.75, 3.05) is 45.4 Å². The summed E-state index contributed by atoms with van der Waals surface area (Å²) in [5, 5.41) is 12.3. The summed E-state index contributed by atoms with van der Waals surface area (Å²) in [7, 11) is 3.22. The van der Waals surface area contributed by atoms with Gasteiger partial charge in [-0.2, -0.15) is 0 Å². The third-order valence-corrected chi connectivity index (χ3v) is 5.98. The van der Waals surface area contributed by atoms with E-state index in [0.717, 1.165) is 22.5 Å². The molecule has 0 aliphatic rings. The van der Waals surface area contributed by atoms with E-state index in [1.54, 1.807) is 38.7 Å². The lowest BCUT2D eigenvalue weighted by Crippen LogP contribution is -2.26. The lowest BCUT2D eigenvalue weighted by Gasteiger charge is -2.26. The van der Waals surface area contributed by atoms with Crippen LogP contribution < -0.4 is 25.4 Å². The first-order chi connectivity index (χ1) is 18.6. The van der Waals surface area contributed by atoms with Gasteiger partial charge in [-0.05, 0) is 49.7 Å². The van der Waals surface area contributed by atoms with Gasteiger partial charge in [-0.1, -0.05) is 0 Å². The van der Waals surface area contributed by atoms with E-state index in [2.05, 4.69) is 20.2 Å². The molecule has 4 N–H and O–H groups in total. The van der Waals surface area contributed by atoms with Gasteiger partial charge in [-0.3, -0.25) is 14.8 Å². The van der Waals surface area contributed by atoms with Crippen molar-refractivity contribution in [3.63, 3.8) is 0 Å². The number of aromatic nitrogens is 3. The Hall–Kier alpha value is -4.28. The minimum absolute atomic E-state index is 0.0549. The molecule has 0 atom stereocenters. The van der Waals surface area contributed by atoms with Crippen LogP contribution in [0.2, 0.25) is 0 Å². The molecule has 0 saturated carbocycles. The molecule has 10 heteroatoms. The molecule has 0 bridgehead atoms. The molecule has 2 heterocycles. The van der Waals surface area contributed by atoms with Crippen LogP contribution in [-0.4, -0.2) is 66.4 Å². The molecule has 1 amide bonds. The van der Waals surface area contributed by atoms with E-state index in [9.17, 15) is 9.90 Å². The number of nitrogens with one attached hydrogen (secondary N) is 1. The number of nitrogens with zero attached hydrogens (tertiary/aromatic N) is 4. The number of benzene rings is 2. The van der Waals surface area contributed by atoms with Crippen LogP contribution in [0.4, 0.5) is 11.4 Å². The summed E-state index contributed by atoms with van der Waals surface area (Å²) in [6, 6.07) is 15.0. The second kappa shape index (κ2) is 12.8. The quantitative estimate of drug-likeness (QED) is 0.242. The summed E-state index contributed by atoms with van der Waals surface area (Å²) in [6.07, 6.45) is 4.53. The fraction of sp³-hybridized carbons (Fsp3) is 0.286. The number of carbonyl (C=O) groups excluding carboxylic acids is 1. The zero-order chi connectivity index (χ0) is 26.9. The van der Waals surface area contributed by atoms with Crippen LogP contribution in [0, 0.1) is 0 Å². The summed E-state index contributed by atoms with van der Waals surface area (Å²) < 4.78 is 10.9. The molecule has 0 spiro atoms. The second-order valence-electron chi connectivity index (χ2n) is 8.56. The Morgan fingerprint density at radius 3 is 2.47 bits per heavy atom. The van der Waals surface area contributed by atoms with Gasteiger partial charge in [-0.25, -0.2) is 4.98 Å². The van der Waals surface area contributed by atoms with Crippen molar-refractivity contribution in [3.05, 3.63) is 66.6 Å². The maximum absolute atomic E-state index is 12.5. The lowest BCUT2D eigenvalue weighted by atomic mass is 10.1. The van der Waals surface area contributed by atoms with Gasteiger partial charge in [0.15, 0.2) is 0 Å². The van der Waals surface area contributed by atoms with Crippen molar-refractivity contribution < 1.29 is 19.4 Å². The first-order valence-electron chi connectivity index (χ1n) is 12.4. The number of amides is 1. The molecule has 10 nitrogen and oxygen atoms in total. The smallest absolute Gasteiger partial charge is 0.269 e. The fourth-order valence-electron chi connectivity index (χ4n) is 4.00. The Kier molecular flexibility index (Phi) is 9.02. The van der Waals surface area contributed by atoms with Gasteiger partial charge in [0.1, 0.15) is 17.2 Å². The maximum atomic E-state index is 12.5. The Bertz CT molecular complexity index is 1370. The minimum Gasteiger partial charge on any atom is -0.497 e. The summed E-state index contributed by atoms with van der Waals surface area (Å²) in [4.78, 5) is 28.2. The Labute approximate surface area is 221 Å². The number of aliphatic hydroxyl groups excluding tert-OH is 1. The second-order valence-corrected chi connectivity index (χ2v) is 8.56. The van der Waals surface area contributed by atoms with E-state index in [0.29, 0.717) is 60.9 Å². The molecule has 0 unspecified atom stereocenters. The summed E-state index contributed by atoms with van der Waals surface area (Å²) >= 11 is 0. The van der Waals surface area contributed by atoms with Crippen molar-refractivity contribution in [1.29, 1.82) is 0 Å². The molecule has 2 aromatic carbocycles. The Morgan fingerprint density at radius 1 is 0.974 bits per heavy atom. The molecule has 0 fully saturated rings. The van der Waals surface area contributed by atoms with Gasteiger partial charge >= 0.3 is 0 Å². The average Bonchev–Trinajstić information content (AvgIpc) is 2.96. The van der Waals surface area contributed by atoms with Crippen LogP contribution in [0.5, 0.6) is 11.5 Å². The van der Waals surface area contributed by atoms with Crippen molar-refractivity contribution in [3.8, 4) is 22.8 Å². The molecule has 0 aliphatic heterocycles. The third kappa shape index (κ3) is 6.34. The Morgan fingerprint density at radius 2 is 1.76 bits per heavy atom. The first kappa shape index (κ1) is 26.8. The van der Waals surface area contributed by atoms with E-state index in [4.69, 9.17) is 20.2 Å². The van der Waals surface area contributed by atoms with Crippen molar-refractivity contribution in [2.24, 2.45) is 5.73 Å². The number of aliphatic hydroxyl groups is 1. The van der Waals surface area contributed by atoms with Crippen LogP contribution in [0.1, 0.15) is 23.3 Å². The number of hydrogen-bond acceptors (Lipinski definition) is 9. The zero-order valence-corrected chi connectivity index (χ0v) is 21.6. The number of ether oxygens (including phenoxy) is 2. The van der Waals surface area contributed by atoms with E-state index in [1.165, 1.54) is 0 Å². The van der Waals surface area contributed by atoms with Crippen LogP contribution in [-0.2, 0) is 0 Å². The lowest BCUT2D eigenvalue weighted by molar-refractivity contribution is 0.0948. The summed E-state index contributed by atoms with van der Waals surface area (Å²) in [6.45, 7) is 1.62.